The molecule has 1 aromatic carbocycles. The second-order valence-electron chi connectivity index (χ2n) is 8.94. The smallest absolute Gasteiger partial charge is 0.236 e. The van der Waals surface area contributed by atoms with Crippen LogP contribution in [0.5, 0.6) is 5.75 Å². The highest BCUT2D eigenvalue weighted by atomic mass is 35.5. The number of amides is 1. The van der Waals surface area contributed by atoms with Crippen molar-refractivity contribution in [2.45, 2.75) is 32.3 Å². The number of ether oxygens (including phenoxy) is 1. The Morgan fingerprint density at radius 1 is 1.14 bits per heavy atom. The predicted molar refractivity (Wildman–Crippen MR) is 139 cm³/mol. The van der Waals surface area contributed by atoms with Crippen molar-refractivity contribution in [3.05, 3.63) is 68.8 Å². The summed E-state index contributed by atoms with van der Waals surface area (Å²) in [5.74, 6) is 0.729. The summed E-state index contributed by atoms with van der Waals surface area (Å²) in [6.45, 7) is 3.11. The number of nitrogens with one attached hydrogen (secondary N) is 1. The maximum Gasteiger partial charge on any atom is 0.236 e. The second kappa shape index (κ2) is 11.5. The summed E-state index contributed by atoms with van der Waals surface area (Å²) in [4.78, 5) is 38.7. The van der Waals surface area contributed by atoms with Crippen molar-refractivity contribution in [3.8, 4) is 5.75 Å². The normalized spacial score (nSPS) is 14.1. The summed E-state index contributed by atoms with van der Waals surface area (Å²) in [5.41, 5.74) is 1.42. The Balaban J connectivity index is 1.44. The molecule has 0 radical (unpaired) electrons. The van der Waals surface area contributed by atoms with Gasteiger partial charge in [0.15, 0.2) is 11.5 Å². The standard InChI is InChI=1S/C26H28Cl2N4O5/c1-15(33)21-6-4-17(37-21)14-36-22-7-5-18(24(27)25(22)28)26(35)19-12-20(31(3)30-19)16-8-10-32(11-9-16)23(34)13-29-2/h4-7,12,16,29H,8-11,13-14H2,1-3H3. The number of hydrogen-bond acceptors (Lipinski definition) is 7. The minimum Gasteiger partial charge on any atom is -0.484 e. The summed E-state index contributed by atoms with van der Waals surface area (Å²) in [6, 6.07) is 8.13. The van der Waals surface area contributed by atoms with Gasteiger partial charge in [-0.1, -0.05) is 23.2 Å². The first-order valence-electron chi connectivity index (χ1n) is 11.9. The first-order chi connectivity index (χ1) is 17.7. The molecule has 4 rings (SSSR count). The molecule has 11 heteroatoms. The quantitative estimate of drug-likeness (QED) is 0.399. The van der Waals surface area contributed by atoms with Crippen LogP contribution in [0.4, 0.5) is 0 Å². The molecule has 1 N–H and O–H groups in total. The van der Waals surface area contributed by atoms with Gasteiger partial charge in [0, 0.05) is 44.2 Å². The molecule has 0 aliphatic carbocycles. The van der Waals surface area contributed by atoms with Crippen molar-refractivity contribution in [2.24, 2.45) is 7.05 Å². The number of hydrogen-bond donors (Lipinski definition) is 1. The molecule has 1 fully saturated rings. The van der Waals surface area contributed by atoms with Crippen LogP contribution in [0.3, 0.4) is 0 Å². The van der Waals surface area contributed by atoms with Crippen molar-refractivity contribution in [1.29, 1.82) is 0 Å². The number of benzene rings is 1. The van der Waals surface area contributed by atoms with Crippen LogP contribution >= 0.6 is 23.2 Å². The lowest BCUT2D eigenvalue weighted by atomic mass is 9.92. The zero-order chi connectivity index (χ0) is 26.7. The number of halogens is 2. The van der Waals surface area contributed by atoms with Gasteiger partial charge in [0.2, 0.25) is 11.7 Å². The Morgan fingerprint density at radius 3 is 2.51 bits per heavy atom. The van der Waals surface area contributed by atoms with E-state index in [-0.39, 0.29) is 62.8 Å². The van der Waals surface area contributed by atoms with Crippen LogP contribution in [0, 0.1) is 0 Å². The fourth-order valence-corrected chi connectivity index (χ4v) is 4.87. The number of Topliss-reactive ketones (excluding diaryl/α,β-unsaturated/α-hetero) is 1. The Hall–Kier alpha value is -3.14. The largest absolute Gasteiger partial charge is 0.484 e. The molecule has 37 heavy (non-hydrogen) atoms. The van der Waals surface area contributed by atoms with Crippen LogP contribution in [0.1, 0.15) is 63.7 Å². The molecule has 3 aromatic rings. The molecule has 1 amide bonds. The number of piperidine rings is 1. The zero-order valence-corrected chi connectivity index (χ0v) is 22.4. The Morgan fingerprint density at radius 2 is 1.86 bits per heavy atom. The Kier molecular flexibility index (Phi) is 8.36. The molecule has 1 aliphatic heterocycles. The number of rotatable bonds is 9. The zero-order valence-electron chi connectivity index (χ0n) is 20.8. The van der Waals surface area contributed by atoms with Crippen molar-refractivity contribution >= 4 is 40.7 Å². The summed E-state index contributed by atoms with van der Waals surface area (Å²) in [5, 5.41) is 7.49. The molecule has 0 atom stereocenters. The lowest BCUT2D eigenvalue weighted by molar-refractivity contribution is -0.131. The Bertz CT molecular complexity index is 1320. The lowest BCUT2D eigenvalue weighted by Gasteiger charge is -2.32. The van der Waals surface area contributed by atoms with Gasteiger partial charge in [0.05, 0.1) is 11.6 Å². The fourth-order valence-electron chi connectivity index (χ4n) is 4.41. The van der Waals surface area contributed by atoms with Crippen LogP contribution in [0.15, 0.2) is 34.7 Å². The summed E-state index contributed by atoms with van der Waals surface area (Å²) in [6.07, 6.45) is 1.59. The minimum absolute atomic E-state index is 0.0413. The molecule has 0 saturated carbocycles. The van der Waals surface area contributed by atoms with E-state index < -0.39 is 0 Å². The van der Waals surface area contributed by atoms with Gasteiger partial charge >= 0.3 is 0 Å². The monoisotopic (exact) mass is 546 g/mol. The number of likely N-dealkylation sites (N-methyl/N-ethyl adjacent to an activating group) is 1. The van der Waals surface area contributed by atoms with Gasteiger partial charge in [-0.05, 0) is 50.2 Å². The number of carbonyl (C=O) groups is 3. The van der Waals surface area contributed by atoms with Crippen molar-refractivity contribution < 1.29 is 23.5 Å². The molecule has 1 aliphatic rings. The van der Waals surface area contributed by atoms with Gasteiger partial charge < -0.3 is 19.4 Å². The average molecular weight is 547 g/mol. The maximum atomic E-state index is 13.3. The predicted octanol–water partition coefficient (Wildman–Crippen LogP) is 4.26. The molecule has 196 valence electrons. The average Bonchev–Trinajstić information content (AvgIpc) is 3.52. The maximum absolute atomic E-state index is 13.3. The molecule has 9 nitrogen and oxygen atoms in total. The fraction of sp³-hybridized carbons (Fsp3) is 0.385. The van der Waals surface area contributed by atoms with E-state index in [1.165, 1.54) is 6.92 Å². The number of aromatic nitrogens is 2. The van der Waals surface area contributed by atoms with E-state index in [2.05, 4.69) is 10.4 Å². The SMILES string of the molecule is CNCC(=O)N1CCC(c2cc(C(=O)c3ccc(OCc4ccc(C(C)=O)o4)c(Cl)c3Cl)nn2C)CC1. The molecule has 3 heterocycles. The van der Waals surface area contributed by atoms with Crippen LogP contribution in [-0.2, 0) is 18.4 Å². The van der Waals surface area contributed by atoms with E-state index in [1.54, 1.807) is 42.1 Å². The van der Waals surface area contributed by atoms with Crippen molar-refractivity contribution in [2.75, 3.05) is 26.7 Å². The van der Waals surface area contributed by atoms with E-state index in [4.69, 9.17) is 32.4 Å². The minimum atomic E-state index is -0.348. The number of nitrogens with zero attached hydrogens (tertiary/aromatic N) is 3. The van der Waals surface area contributed by atoms with E-state index in [9.17, 15) is 14.4 Å². The molecule has 1 saturated heterocycles. The number of carbonyl (C=O) groups excluding carboxylic acids is 3. The molecule has 0 bridgehead atoms. The molecule has 0 unspecified atom stereocenters. The highest BCUT2D eigenvalue weighted by Crippen LogP contribution is 2.36. The van der Waals surface area contributed by atoms with Gasteiger partial charge in [-0.2, -0.15) is 5.10 Å². The number of furan rings is 1. The molecule has 2 aromatic heterocycles. The highest BCUT2D eigenvalue weighted by Gasteiger charge is 2.28. The van der Waals surface area contributed by atoms with Crippen LogP contribution < -0.4 is 10.1 Å². The number of ketones is 2. The summed E-state index contributed by atoms with van der Waals surface area (Å²) >= 11 is 12.9. The Labute approximate surface area is 224 Å². The van der Waals surface area contributed by atoms with Crippen molar-refractivity contribution in [3.63, 3.8) is 0 Å². The van der Waals surface area contributed by atoms with E-state index >= 15 is 0 Å². The van der Waals surface area contributed by atoms with Gasteiger partial charge in [-0.15, -0.1) is 0 Å². The van der Waals surface area contributed by atoms with Gasteiger partial charge in [-0.3, -0.25) is 19.1 Å². The van der Waals surface area contributed by atoms with Gasteiger partial charge in [0.1, 0.15) is 28.8 Å². The van der Waals surface area contributed by atoms with Crippen molar-refractivity contribution in [1.82, 2.24) is 20.0 Å². The molecular weight excluding hydrogens is 519 g/mol. The summed E-state index contributed by atoms with van der Waals surface area (Å²) < 4.78 is 12.8. The summed E-state index contributed by atoms with van der Waals surface area (Å²) in [7, 11) is 3.56. The van der Waals surface area contributed by atoms with E-state index in [0.717, 1.165) is 18.5 Å². The molecule has 0 spiro atoms. The first-order valence-corrected chi connectivity index (χ1v) is 12.7. The molecular formula is C26H28Cl2N4O5. The van der Waals surface area contributed by atoms with E-state index in [0.29, 0.717) is 25.4 Å². The highest BCUT2D eigenvalue weighted by molar-refractivity contribution is 6.45. The number of aryl methyl sites for hydroxylation is 1. The second-order valence-corrected chi connectivity index (χ2v) is 9.70. The van der Waals surface area contributed by atoms with Crippen LogP contribution in [-0.4, -0.2) is 58.8 Å². The van der Waals surface area contributed by atoms with Crippen LogP contribution in [0.25, 0.3) is 0 Å². The third-order valence-corrected chi connectivity index (χ3v) is 7.28. The third kappa shape index (κ3) is 5.89. The van der Waals surface area contributed by atoms with Crippen LogP contribution in [0.2, 0.25) is 10.0 Å². The topological polar surface area (TPSA) is 107 Å². The third-order valence-electron chi connectivity index (χ3n) is 6.41. The van der Waals surface area contributed by atoms with E-state index in [1.807, 2.05) is 11.9 Å². The van der Waals surface area contributed by atoms with Gasteiger partial charge in [-0.25, -0.2) is 0 Å². The van der Waals surface area contributed by atoms with Gasteiger partial charge in [0.25, 0.3) is 0 Å². The lowest BCUT2D eigenvalue weighted by Crippen LogP contribution is -2.42. The first kappa shape index (κ1) is 26.9. The number of likely N-dealkylation sites (tertiary alicyclic amines) is 1.